The molecule has 2 aliphatic carbocycles. The molecule has 3 rings (SSSR count). The Morgan fingerprint density at radius 1 is 1.31 bits per heavy atom. The van der Waals surface area contributed by atoms with E-state index in [4.69, 9.17) is 10.2 Å². The number of hydrogen-bond acceptors (Lipinski definition) is 2. The van der Waals surface area contributed by atoms with E-state index in [0.29, 0.717) is 0 Å². The van der Waals surface area contributed by atoms with Gasteiger partial charge in [-0.2, -0.15) is 0 Å². The Kier molecular flexibility index (Phi) is 1.37. The van der Waals surface area contributed by atoms with Gasteiger partial charge in [0.1, 0.15) is 12.0 Å². The van der Waals surface area contributed by atoms with Gasteiger partial charge in [0.25, 0.3) is 0 Å². The van der Waals surface area contributed by atoms with Crippen LogP contribution in [0.1, 0.15) is 31.4 Å². The number of halogens is 1. The largest absolute Gasteiger partial charge is 0.467 e. The first-order valence-electron chi connectivity index (χ1n) is 4.70. The van der Waals surface area contributed by atoms with Gasteiger partial charge < -0.3 is 10.2 Å². The summed E-state index contributed by atoms with van der Waals surface area (Å²) < 4.78 is 6.56. The average Bonchev–Trinajstić information content (AvgIpc) is 2.97. The number of hydrogen-bond donors (Lipinski definition) is 1. The van der Waals surface area contributed by atoms with E-state index in [1.54, 1.807) is 6.26 Å². The van der Waals surface area contributed by atoms with Gasteiger partial charge in [-0.3, -0.25) is 0 Å². The minimum Gasteiger partial charge on any atom is -0.467 e. The smallest absolute Gasteiger partial charge is 0.112 e. The molecule has 0 aliphatic heterocycles. The highest BCUT2D eigenvalue weighted by atomic mass is 79.9. The van der Waals surface area contributed by atoms with E-state index in [-0.39, 0.29) is 11.0 Å². The summed E-state index contributed by atoms with van der Waals surface area (Å²) >= 11 is 3.40. The fraction of sp³-hybridized carbons (Fsp3) is 0.600. The predicted octanol–water partition coefficient (Wildman–Crippen LogP) is 2.57. The average molecular weight is 242 g/mol. The van der Waals surface area contributed by atoms with E-state index in [1.165, 1.54) is 12.8 Å². The van der Waals surface area contributed by atoms with Gasteiger partial charge in [0.15, 0.2) is 0 Å². The highest BCUT2D eigenvalue weighted by molar-refractivity contribution is 9.10. The van der Waals surface area contributed by atoms with Crippen molar-refractivity contribution in [1.29, 1.82) is 0 Å². The molecule has 1 aromatic rings. The fourth-order valence-corrected chi connectivity index (χ4v) is 2.59. The lowest BCUT2D eigenvalue weighted by Crippen LogP contribution is -2.36. The molecule has 0 aromatic carbocycles. The van der Waals surface area contributed by atoms with Crippen molar-refractivity contribution in [2.45, 2.75) is 36.6 Å². The minimum atomic E-state index is 0.0598. The highest BCUT2D eigenvalue weighted by Gasteiger charge is 2.65. The summed E-state index contributed by atoms with van der Waals surface area (Å²) in [5.74, 6) is 1.08. The van der Waals surface area contributed by atoms with Crippen LogP contribution in [0.5, 0.6) is 0 Å². The number of rotatable bonds is 2. The van der Waals surface area contributed by atoms with Crippen LogP contribution in [0.3, 0.4) is 0 Å². The first kappa shape index (κ1) is 8.06. The molecule has 2 aliphatic rings. The van der Waals surface area contributed by atoms with Gasteiger partial charge in [0.2, 0.25) is 0 Å². The summed E-state index contributed by atoms with van der Waals surface area (Å²) in [5, 5.41) is 0. The molecule has 1 heterocycles. The van der Waals surface area contributed by atoms with Gasteiger partial charge in [0.05, 0.1) is 4.47 Å². The molecule has 2 N–H and O–H groups in total. The molecule has 0 radical (unpaired) electrons. The van der Waals surface area contributed by atoms with E-state index >= 15 is 0 Å². The molecule has 70 valence electrons. The molecule has 0 amide bonds. The monoisotopic (exact) mass is 241 g/mol. The Morgan fingerprint density at radius 2 is 2.00 bits per heavy atom. The third-order valence-corrected chi connectivity index (χ3v) is 3.95. The van der Waals surface area contributed by atoms with Crippen LogP contribution in [-0.4, -0.2) is 5.54 Å². The summed E-state index contributed by atoms with van der Waals surface area (Å²) in [6.07, 6.45) is 6.46. The molecule has 2 fully saturated rings. The van der Waals surface area contributed by atoms with Crippen LogP contribution >= 0.6 is 15.9 Å². The molecule has 0 spiro atoms. The highest BCUT2D eigenvalue weighted by Crippen LogP contribution is 2.63. The molecular formula is C10H12BrNO. The SMILES string of the molecule is NC1(C2(c3cc(Br)co3)CC2)CC1. The van der Waals surface area contributed by atoms with Crippen molar-refractivity contribution >= 4 is 15.9 Å². The van der Waals surface area contributed by atoms with Crippen LogP contribution in [0.15, 0.2) is 21.2 Å². The van der Waals surface area contributed by atoms with Crippen molar-refractivity contribution in [2.75, 3.05) is 0 Å². The molecule has 2 nitrogen and oxygen atoms in total. The second-order valence-electron chi connectivity index (χ2n) is 4.37. The molecule has 0 saturated heterocycles. The van der Waals surface area contributed by atoms with Crippen molar-refractivity contribution in [3.05, 3.63) is 22.6 Å². The van der Waals surface area contributed by atoms with Crippen LogP contribution < -0.4 is 5.73 Å². The lowest BCUT2D eigenvalue weighted by Gasteiger charge is -2.19. The molecular weight excluding hydrogens is 230 g/mol. The molecule has 13 heavy (non-hydrogen) atoms. The van der Waals surface area contributed by atoms with Crippen LogP contribution in [0.2, 0.25) is 0 Å². The minimum absolute atomic E-state index is 0.0598. The fourth-order valence-electron chi connectivity index (χ4n) is 2.29. The van der Waals surface area contributed by atoms with Crippen LogP contribution in [-0.2, 0) is 5.41 Å². The maximum absolute atomic E-state index is 6.25. The van der Waals surface area contributed by atoms with Crippen molar-refractivity contribution in [3.8, 4) is 0 Å². The predicted molar refractivity (Wildman–Crippen MR) is 53.5 cm³/mol. The number of nitrogens with two attached hydrogens (primary N) is 1. The Bertz CT molecular complexity index is 350. The van der Waals surface area contributed by atoms with Gasteiger partial charge >= 0.3 is 0 Å². The Balaban J connectivity index is 2.00. The van der Waals surface area contributed by atoms with Crippen molar-refractivity contribution in [3.63, 3.8) is 0 Å². The zero-order chi connectivity index (χ0) is 9.10. The first-order chi connectivity index (χ1) is 6.16. The number of furan rings is 1. The topological polar surface area (TPSA) is 39.2 Å². The third kappa shape index (κ3) is 0.974. The standard InChI is InChI=1S/C10H12BrNO/c11-7-5-8(13-6-7)9(1-2-9)10(12)3-4-10/h5-6H,1-4,12H2. The summed E-state index contributed by atoms with van der Waals surface area (Å²) in [7, 11) is 0. The van der Waals surface area contributed by atoms with Crippen molar-refractivity contribution in [2.24, 2.45) is 5.73 Å². The van der Waals surface area contributed by atoms with Crippen LogP contribution in [0.4, 0.5) is 0 Å². The maximum atomic E-state index is 6.25. The van der Waals surface area contributed by atoms with Gasteiger partial charge in [-0.25, -0.2) is 0 Å². The van der Waals surface area contributed by atoms with Crippen LogP contribution in [0.25, 0.3) is 0 Å². The Morgan fingerprint density at radius 3 is 2.38 bits per heavy atom. The first-order valence-corrected chi connectivity index (χ1v) is 5.49. The summed E-state index contributed by atoms with van der Waals surface area (Å²) in [5.41, 5.74) is 6.51. The molecule has 1 aromatic heterocycles. The zero-order valence-corrected chi connectivity index (χ0v) is 8.93. The van der Waals surface area contributed by atoms with E-state index in [0.717, 1.165) is 23.1 Å². The second-order valence-corrected chi connectivity index (χ2v) is 5.28. The molecule has 2 saturated carbocycles. The Hall–Kier alpha value is -0.280. The molecule has 0 atom stereocenters. The van der Waals surface area contributed by atoms with Crippen molar-refractivity contribution < 1.29 is 4.42 Å². The summed E-state index contributed by atoms with van der Waals surface area (Å²) in [6.45, 7) is 0. The van der Waals surface area contributed by atoms with Gasteiger partial charge in [-0.15, -0.1) is 0 Å². The normalized spacial score (nSPS) is 27.2. The molecule has 3 heteroatoms. The van der Waals surface area contributed by atoms with Gasteiger partial charge in [-0.05, 0) is 47.7 Å². The maximum Gasteiger partial charge on any atom is 0.112 e. The van der Waals surface area contributed by atoms with E-state index in [2.05, 4.69) is 22.0 Å². The quantitative estimate of drug-likeness (QED) is 0.865. The van der Waals surface area contributed by atoms with Crippen molar-refractivity contribution in [1.82, 2.24) is 0 Å². The van der Waals surface area contributed by atoms with E-state index in [1.807, 2.05) is 0 Å². The van der Waals surface area contributed by atoms with Crippen LogP contribution in [0, 0.1) is 0 Å². The summed E-state index contributed by atoms with van der Waals surface area (Å²) in [4.78, 5) is 0. The van der Waals surface area contributed by atoms with Gasteiger partial charge in [-0.1, -0.05) is 0 Å². The zero-order valence-electron chi connectivity index (χ0n) is 7.35. The van der Waals surface area contributed by atoms with E-state index < -0.39 is 0 Å². The second kappa shape index (κ2) is 2.20. The molecule has 0 bridgehead atoms. The lowest BCUT2D eigenvalue weighted by molar-refractivity contribution is 0.390. The summed E-state index contributed by atoms with van der Waals surface area (Å²) in [6, 6.07) is 2.07. The third-order valence-electron chi connectivity index (χ3n) is 3.53. The molecule has 0 unspecified atom stereocenters. The van der Waals surface area contributed by atoms with E-state index in [9.17, 15) is 0 Å². The van der Waals surface area contributed by atoms with Gasteiger partial charge in [0, 0.05) is 11.0 Å². The Labute approximate surface area is 85.6 Å². The lowest BCUT2D eigenvalue weighted by atomic mass is 9.92.